The van der Waals surface area contributed by atoms with Crippen LogP contribution in [0.25, 0.3) is 11.3 Å². The van der Waals surface area contributed by atoms with E-state index in [9.17, 15) is 9.90 Å². The smallest absolute Gasteiger partial charge is 0.272 e. The van der Waals surface area contributed by atoms with E-state index in [-0.39, 0.29) is 22.8 Å². The molecule has 1 aliphatic heterocycles. The molecule has 5 heteroatoms. The molecule has 2 heterocycles. The van der Waals surface area contributed by atoms with E-state index in [1.807, 2.05) is 47.4 Å². The molecule has 30 heavy (non-hydrogen) atoms. The zero-order valence-electron chi connectivity index (χ0n) is 17.6. The van der Waals surface area contributed by atoms with Gasteiger partial charge >= 0.3 is 0 Å². The lowest BCUT2D eigenvalue weighted by Crippen LogP contribution is -2.64. The van der Waals surface area contributed by atoms with Gasteiger partial charge in [-0.3, -0.25) is 9.89 Å². The number of phenolic OH excluding ortho intramolecular Hbond substituents is 1. The van der Waals surface area contributed by atoms with Crippen LogP contribution >= 0.6 is 0 Å². The quantitative estimate of drug-likeness (QED) is 0.662. The number of rotatable bonds is 2. The molecule has 0 unspecified atom stereocenters. The van der Waals surface area contributed by atoms with E-state index in [2.05, 4.69) is 37.0 Å². The van der Waals surface area contributed by atoms with Gasteiger partial charge in [-0.15, -0.1) is 0 Å². The van der Waals surface area contributed by atoms with E-state index in [1.165, 1.54) is 5.56 Å². The van der Waals surface area contributed by atoms with Crippen LogP contribution in [-0.4, -0.2) is 38.7 Å². The molecule has 0 saturated carbocycles. The molecule has 1 saturated heterocycles. The number of carbonyl (C=O) groups excluding carboxylic acids is 1. The standard InChI is InChI=1S/C25H27N3O2/c1-24(2)22-14-17-18(10-7-11-21(17)29)25(24,3)12-13-28(22)23(30)20-15-19(26-27-20)16-8-5-4-6-9-16/h4-11,15,22,29H,12-14H2,1-3H3,(H,26,27)/t22-,25+/m1/s1. The van der Waals surface area contributed by atoms with Crippen LogP contribution in [0.2, 0.25) is 0 Å². The van der Waals surface area contributed by atoms with Crippen molar-refractivity contribution in [2.45, 2.75) is 45.1 Å². The Labute approximate surface area is 176 Å². The molecule has 5 rings (SSSR count). The molecule has 0 spiro atoms. The van der Waals surface area contributed by atoms with Crippen molar-refractivity contribution in [3.05, 3.63) is 71.4 Å². The third-order valence-corrected chi connectivity index (χ3v) is 7.77. The number of nitrogens with zero attached hydrogens (tertiary/aromatic N) is 2. The van der Waals surface area contributed by atoms with Crippen molar-refractivity contribution in [1.29, 1.82) is 0 Å². The molecular formula is C25H27N3O2. The van der Waals surface area contributed by atoms with E-state index in [0.29, 0.717) is 24.4 Å². The van der Waals surface area contributed by atoms with E-state index in [4.69, 9.17) is 0 Å². The topological polar surface area (TPSA) is 69.2 Å². The maximum Gasteiger partial charge on any atom is 0.272 e. The Morgan fingerprint density at radius 1 is 1.13 bits per heavy atom. The number of likely N-dealkylation sites (tertiary alicyclic amines) is 1. The van der Waals surface area contributed by atoms with Crippen molar-refractivity contribution >= 4 is 5.91 Å². The lowest BCUT2D eigenvalue weighted by molar-refractivity contribution is -0.0269. The summed E-state index contributed by atoms with van der Waals surface area (Å²) in [7, 11) is 0. The van der Waals surface area contributed by atoms with E-state index in [1.54, 1.807) is 6.07 Å². The number of aromatic amines is 1. The summed E-state index contributed by atoms with van der Waals surface area (Å²) in [6.07, 6.45) is 1.52. The minimum atomic E-state index is -0.121. The SMILES string of the molecule is CC1(C)[C@H]2Cc3c(O)cccc3[C@]1(C)CCN2C(=O)c1cc(-c2ccccc2)n[nH]1. The average Bonchev–Trinajstić information content (AvgIpc) is 3.22. The Balaban J connectivity index is 1.51. The molecular weight excluding hydrogens is 374 g/mol. The van der Waals surface area contributed by atoms with Crippen LogP contribution < -0.4 is 0 Å². The van der Waals surface area contributed by atoms with Crippen molar-refractivity contribution in [3.63, 3.8) is 0 Å². The summed E-state index contributed by atoms with van der Waals surface area (Å²) in [4.78, 5) is 15.5. The monoisotopic (exact) mass is 401 g/mol. The predicted octanol–water partition coefficient (Wildman–Crippen LogP) is 4.54. The lowest BCUT2D eigenvalue weighted by Gasteiger charge is -2.60. The molecule has 2 aromatic carbocycles. The van der Waals surface area contributed by atoms with Crippen LogP contribution in [0.3, 0.4) is 0 Å². The van der Waals surface area contributed by atoms with Crippen LogP contribution in [0.1, 0.15) is 48.8 Å². The van der Waals surface area contributed by atoms with Gasteiger partial charge in [0.15, 0.2) is 0 Å². The number of hydrogen-bond donors (Lipinski definition) is 2. The molecule has 3 aromatic rings. The number of hydrogen-bond acceptors (Lipinski definition) is 3. The number of H-pyrrole nitrogens is 1. The number of fused-ring (bicyclic) bond motifs is 4. The number of amides is 1. The first-order valence-corrected chi connectivity index (χ1v) is 10.6. The second kappa shape index (κ2) is 6.46. The van der Waals surface area contributed by atoms with Gasteiger partial charge in [-0.1, -0.05) is 63.2 Å². The number of aromatic hydroxyl groups is 1. The van der Waals surface area contributed by atoms with Crippen LogP contribution in [0.4, 0.5) is 0 Å². The molecule has 154 valence electrons. The van der Waals surface area contributed by atoms with Crippen molar-refractivity contribution in [2.24, 2.45) is 5.41 Å². The van der Waals surface area contributed by atoms with Gasteiger partial charge in [-0.25, -0.2) is 0 Å². The predicted molar refractivity (Wildman–Crippen MR) is 116 cm³/mol. The first kappa shape index (κ1) is 18.9. The molecule has 2 atom stereocenters. The van der Waals surface area contributed by atoms with Gasteiger partial charge in [0.25, 0.3) is 5.91 Å². The largest absolute Gasteiger partial charge is 0.508 e. The normalized spacial score (nSPS) is 24.4. The third-order valence-electron chi connectivity index (χ3n) is 7.77. The molecule has 2 bridgehead atoms. The summed E-state index contributed by atoms with van der Waals surface area (Å²) < 4.78 is 0. The second-order valence-electron chi connectivity index (χ2n) is 9.36. The Bertz CT molecular complexity index is 1120. The molecule has 1 aromatic heterocycles. The molecule has 1 aliphatic carbocycles. The number of carbonyl (C=O) groups is 1. The van der Waals surface area contributed by atoms with Crippen molar-refractivity contribution in [3.8, 4) is 17.0 Å². The van der Waals surface area contributed by atoms with Gasteiger partial charge in [0, 0.05) is 23.6 Å². The van der Waals surface area contributed by atoms with Crippen LogP contribution in [-0.2, 0) is 11.8 Å². The third kappa shape index (κ3) is 2.54. The minimum absolute atomic E-state index is 0.00743. The number of aromatic nitrogens is 2. The van der Waals surface area contributed by atoms with Crippen LogP contribution in [0.15, 0.2) is 54.6 Å². The van der Waals surface area contributed by atoms with Crippen LogP contribution in [0.5, 0.6) is 5.75 Å². The Hall–Kier alpha value is -3.08. The molecule has 2 N–H and O–H groups in total. The fourth-order valence-electron chi connectivity index (χ4n) is 5.51. The number of phenols is 1. The zero-order chi connectivity index (χ0) is 21.1. The second-order valence-corrected chi connectivity index (χ2v) is 9.36. The number of piperidine rings is 1. The van der Waals surface area contributed by atoms with E-state index in [0.717, 1.165) is 23.2 Å². The van der Waals surface area contributed by atoms with Crippen molar-refractivity contribution in [1.82, 2.24) is 15.1 Å². The highest BCUT2D eigenvalue weighted by atomic mass is 16.3. The summed E-state index contributed by atoms with van der Waals surface area (Å²) in [5.74, 6) is 0.310. The first-order valence-electron chi connectivity index (χ1n) is 10.6. The average molecular weight is 402 g/mol. The highest BCUT2D eigenvalue weighted by Gasteiger charge is 2.57. The summed E-state index contributed by atoms with van der Waals surface area (Å²) in [5, 5.41) is 17.9. The van der Waals surface area contributed by atoms with E-state index >= 15 is 0 Å². The van der Waals surface area contributed by atoms with Gasteiger partial charge in [0.1, 0.15) is 11.4 Å². The highest BCUT2D eigenvalue weighted by molar-refractivity contribution is 5.94. The summed E-state index contributed by atoms with van der Waals surface area (Å²) >= 11 is 0. The Morgan fingerprint density at radius 2 is 1.90 bits per heavy atom. The Kier molecular flexibility index (Phi) is 4.07. The molecule has 1 fully saturated rings. The molecule has 1 amide bonds. The first-order chi connectivity index (χ1) is 14.3. The lowest BCUT2D eigenvalue weighted by atomic mass is 9.51. The number of benzene rings is 2. The Morgan fingerprint density at radius 3 is 2.67 bits per heavy atom. The zero-order valence-corrected chi connectivity index (χ0v) is 17.6. The summed E-state index contributed by atoms with van der Waals surface area (Å²) in [5.41, 5.74) is 4.26. The minimum Gasteiger partial charge on any atom is -0.508 e. The molecule has 2 aliphatic rings. The van der Waals surface area contributed by atoms with Gasteiger partial charge in [0.05, 0.1) is 5.69 Å². The van der Waals surface area contributed by atoms with Gasteiger partial charge < -0.3 is 10.0 Å². The maximum atomic E-state index is 13.5. The van der Waals surface area contributed by atoms with Crippen molar-refractivity contribution in [2.75, 3.05) is 6.54 Å². The number of nitrogens with one attached hydrogen (secondary N) is 1. The maximum absolute atomic E-state index is 13.5. The summed E-state index contributed by atoms with van der Waals surface area (Å²) in [6, 6.07) is 17.5. The van der Waals surface area contributed by atoms with Crippen molar-refractivity contribution < 1.29 is 9.90 Å². The molecule has 5 nitrogen and oxygen atoms in total. The fraction of sp³-hybridized carbons (Fsp3) is 0.360. The van der Waals surface area contributed by atoms with E-state index < -0.39 is 0 Å². The van der Waals surface area contributed by atoms with Crippen LogP contribution in [0, 0.1) is 5.41 Å². The highest BCUT2D eigenvalue weighted by Crippen LogP contribution is 2.57. The fourth-order valence-corrected chi connectivity index (χ4v) is 5.51. The van der Waals surface area contributed by atoms with Gasteiger partial charge in [-0.05, 0) is 41.5 Å². The summed E-state index contributed by atoms with van der Waals surface area (Å²) in [6.45, 7) is 7.49. The van der Waals surface area contributed by atoms with Gasteiger partial charge in [0.2, 0.25) is 0 Å². The molecule has 0 radical (unpaired) electrons. The van der Waals surface area contributed by atoms with Gasteiger partial charge in [-0.2, -0.15) is 5.10 Å².